The number of fused-ring (bicyclic) bond motifs is 1. The number of hydrogen-bond acceptors (Lipinski definition) is 5. The highest BCUT2D eigenvalue weighted by molar-refractivity contribution is 5.97. The molecule has 0 radical (unpaired) electrons. The lowest BCUT2D eigenvalue weighted by Gasteiger charge is -2.63. The van der Waals surface area contributed by atoms with Gasteiger partial charge in [-0.25, -0.2) is 0 Å². The third kappa shape index (κ3) is 1.34. The molecule has 0 amide bonds. The highest BCUT2D eigenvalue weighted by Gasteiger charge is 2.73. The number of carboxylic acids is 2. The quantitative estimate of drug-likeness (QED) is 0.543. The highest BCUT2D eigenvalue weighted by atomic mass is 16.6. The van der Waals surface area contributed by atoms with Gasteiger partial charge in [-0.1, -0.05) is 0 Å². The van der Waals surface area contributed by atoms with Crippen LogP contribution in [0, 0.1) is 47.3 Å². The second-order valence-corrected chi connectivity index (χ2v) is 6.58. The molecule has 5 rings (SSSR count). The second-order valence-electron chi connectivity index (χ2n) is 6.58. The maximum absolute atomic E-state index is 11.9. The monoisotopic (exact) mass is 294 g/mol. The van der Waals surface area contributed by atoms with E-state index in [1.807, 2.05) is 0 Å². The summed E-state index contributed by atoms with van der Waals surface area (Å²) in [4.78, 5) is 46.6. The standard InChI is InChI=1S/C14H14O7/c15-11(16)9-5-3-1-2-4(6(5)10(9)12(17)18)8-7(3)13(19)21-14(8)20/h3-10H,1-2H2,(H,15,16)(H,17,18). The third-order valence-electron chi connectivity index (χ3n) is 6.11. The van der Waals surface area contributed by atoms with E-state index in [1.54, 1.807) is 0 Å². The Morgan fingerprint density at radius 2 is 1.24 bits per heavy atom. The average molecular weight is 294 g/mol. The SMILES string of the molecule is O=C1OC(=O)C2C3CCC(C12)C1C(C(=O)O)C(C(=O)O)C31. The fourth-order valence-electron chi connectivity index (χ4n) is 5.57. The zero-order valence-corrected chi connectivity index (χ0v) is 11.0. The summed E-state index contributed by atoms with van der Waals surface area (Å²) in [7, 11) is 0. The summed E-state index contributed by atoms with van der Waals surface area (Å²) in [6.07, 6.45) is 1.34. The van der Waals surface area contributed by atoms with E-state index < -0.39 is 47.5 Å². The molecule has 21 heavy (non-hydrogen) atoms. The first-order chi connectivity index (χ1) is 9.93. The van der Waals surface area contributed by atoms with Crippen LogP contribution >= 0.6 is 0 Å². The van der Waals surface area contributed by atoms with Gasteiger partial charge in [0.2, 0.25) is 0 Å². The van der Waals surface area contributed by atoms with Crippen molar-refractivity contribution < 1.29 is 34.1 Å². The van der Waals surface area contributed by atoms with Gasteiger partial charge in [-0.3, -0.25) is 19.2 Å². The van der Waals surface area contributed by atoms with Gasteiger partial charge in [-0.15, -0.1) is 0 Å². The smallest absolute Gasteiger partial charge is 0.317 e. The van der Waals surface area contributed by atoms with Crippen molar-refractivity contribution in [1.82, 2.24) is 0 Å². The van der Waals surface area contributed by atoms with Gasteiger partial charge in [0.25, 0.3) is 0 Å². The van der Waals surface area contributed by atoms with Crippen molar-refractivity contribution in [2.45, 2.75) is 12.8 Å². The van der Waals surface area contributed by atoms with Gasteiger partial charge in [-0.05, 0) is 36.5 Å². The fourth-order valence-corrected chi connectivity index (χ4v) is 5.57. The van der Waals surface area contributed by atoms with E-state index in [-0.39, 0.29) is 23.7 Å². The van der Waals surface area contributed by atoms with Crippen LogP contribution in [0.15, 0.2) is 0 Å². The van der Waals surface area contributed by atoms with Crippen LogP contribution in [-0.4, -0.2) is 34.1 Å². The van der Waals surface area contributed by atoms with Gasteiger partial charge in [-0.2, -0.15) is 0 Å². The number of esters is 2. The predicted octanol–water partition coefficient (Wildman–Crippen LogP) is -0.0104. The van der Waals surface area contributed by atoms with Gasteiger partial charge in [0.1, 0.15) is 0 Å². The molecule has 7 nitrogen and oxygen atoms in total. The topological polar surface area (TPSA) is 118 Å². The number of carbonyl (C=O) groups excluding carboxylic acids is 2. The van der Waals surface area contributed by atoms with Gasteiger partial charge in [0.15, 0.2) is 0 Å². The number of ether oxygens (including phenoxy) is 1. The number of carboxylic acid groups (broad SMARTS) is 2. The van der Waals surface area contributed by atoms with E-state index in [0.717, 1.165) is 0 Å². The lowest BCUT2D eigenvalue weighted by molar-refractivity contribution is -0.215. The van der Waals surface area contributed by atoms with Crippen molar-refractivity contribution in [3.63, 3.8) is 0 Å². The molecular formula is C14H14O7. The minimum atomic E-state index is -1.12. The van der Waals surface area contributed by atoms with E-state index in [1.165, 1.54) is 0 Å². The van der Waals surface area contributed by atoms with Crippen molar-refractivity contribution in [2.75, 3.05) is 0 Å². The van der Waals surface area contributed by atoms with Crippen LogP contribution in [0.3, 0.4) is 0 Å². The van der Waals surface area contributed by atoms with Gasteiger partial charge in [0.05, 0.1) is 23.7 Å². The molecule has 4 saturated carbocycles. The predicted molar refractivity (Wildman–Crippen MR) is 63.5 cm³/mol. The molecule has 8 atom stereocenters. The largest absolute Gasteiger partial charge is 0.481 e. The Hall–Kier alpha value is -1.92. The van der Waals surface area contributed by atoms with Crippen LogP contribution in [0.4, 0.5) is 0 Å². The van der Waals surface area contributed by atoms with E-state index in [0.29, 0.717) is 12.8 Å². The summed E-state index contributed by atoms with van der Waals surface area (Å²) in [5.41, 5.74) is 0. The Balaban J connectivity index is 1.76. The van der Waals surface area contributed by atoms with Crippen LogP contribution in [0.25, 0.3) is 0 Å². The Morgan fingerprint density at radius 3 is 1.57 bits per heavy atom. The van der Waals surface area contributed by atoms with Crippen molar-refractivity contribution in [1.29, 1.82) is 0 Å². The molecule has 0 aromatic rings. The molecule has 2 bridgehead atoms. The molecule has 4 aliphatic carbocycles. The zero-order valence-electron chi connectivity index (χ0n) is 11.0. The van der Waals surface area contributed by atoms with Gasteiger partial charge in [0, 0.05) is 0 Å². The zero-order chi connectivity index (χ0) is 15.0. The van der Waals surface area contributed by atoms with E-state index in [4.69, 9.17) is 4.74 Å². The molecule has 0 aromatic carbocycles. The normalized spacial score (nSPS) is 49.9. The number of cyclic esters (lactones) is 2. The molecule has 112 valence electrons. The molecule has 7 heteroatoms. The first-order valence-electron chi connectivity index (χ1n) is 7.14. The lowest BCUT2D eigenvalue weighted by Crippen LogP contribution is -2.67. The summed E-state index contributed by atoms with van der Waals surface area (Å²) in [5.74, 6) is -7.49. The van der Waals surface area contributed by atoms with Crippen LogP contribution in [0.2, 0.25) is 0 Å². The molecule has 2 N–H and O–H groups in total. The van der Waals surface area contributed by atoms with Crippen LogP contribution in [0.1, 0.15) is 12.8 Å². The number of rotatable bonds is 2. The summed E-state index contributed by atoms with van der Waals surface area (Å²) in [6.45, 7) is 0. The fraction of sp³-hybridized carbons (Fsp3) is 0.714. The Bertz CT molecular complexity index is 532. The maximum atomic E-state index is 11.9. The highest BCUT2D eigenvalue weighted by Crippen LogP contribution is 2.68. The third-order valence-corrected chi connectivity index (χ3v) is 6.11. The first-order valence-corrected chi connectivity index (χ1v) is 7.14. The van der Waals surface area contributed by atoms with Crippen molar-refractivity contribution in [3.05, 3.63) is 0 Å². The van der Waals surface area contributed by atoms with Crippen molar-refractivity contribution in [2.24, 2.45) is 47.3 Å². The number of hydrogen-bond donors (Lipinski definition) is 2. The average Bonchev–Trinajstić information content (AvgIpc) is 2.65. The Kier molecular flexibility index (Phi) is 2.34. The van der Waals surface area contributed by atoms with Crippen LogP contribution < -0.4 is 0 Å². The molecule has 0 aromatic heterocycles. The maximum Gasteiger partial charge on any atom is 0.317 e. The van der Waals surface area contributed by atoms with Gasteiger partial charge < -0.3 is 14.9 Å². The van der Waals surface area contributed by atoms with E-state index in [9.17, 15) is 29.4 Å². The summed E-state index contributed by atoms with van der Waals surface area (Å²) in [6, 6.07) is 0. The van der Waals surface area contributed by atoms with Crippen molar-refractivity contribution >= 4 is 23.9 Å². The molecular weight excluding hydrogens is 280 g/mol. The second kappa shape index (κ2) is 3.84. The summed E-state index contributed by atoms with van der Waals surface area (Å²) >= 11 is 0. The molecule has 5 fully saturated rings. The van der Waals surface area contributed by atoms with Crippen molar-refractivity contribution in [3.8, 4) is 0 Å². The van der Waals surface area contributed by atoms with Crippen LogP contribution in [-0.2, 0) is 23.9 Å². The lowest BCUT2D eigenvalue weighted by atomic mass is 9.38. The molecule has 1 saturated heterocycles. The minimum absolute atomic E-state index is 0.236. The van der Waals surface area contributed by atoms with Crippen LogP contribution in [0.5, 0.6) is 0 Å². The number of carbonyl (C=O) groups is 4. The Labute approximate surface area is 119 Å². The molecule has 8 unspecified atom stereocenters. The molecule has 1 heterocycles. The summed E-state index contributed by atoms with van der Waals surface area (Å²) < 4.78 is 4.73. The minimum Gasteiger partial charge on any atom is -0.481 e. The summed E-state index contributed by atoms with van der Waals surface area (Å²) in [5, 5.41) is 18.7. The van der Waals surface area contributed by atoms with E-state index >= 15 is 0 Å². The molecule has 0 spiro atoms. The number of aliphatic carboxylic acids is 2. The van der Waals surface area contributed by atoms with E-state index in [2.05, 4.69) is 0 Å². The van der Waals surface area contributed by atoms with Gasteiger partial charge >= 0.3 is 23.9 Å². The Morgan fingerprint density at radius 1 is 0.857 bits per heavy atom. The molecule has 5 aliphatic rings. The first kappa shape index (κ1) is 12.8. The molecule has 1 aliphatic heterocycles.